The molecule has 2 aliphatic heterocycles. The molecule has 0 bridgehead atoms. The van der Waals surface area contributed by atoms with Crippen molar-refractivity contribution < 1.29 is 28.9 Å². The van der Waals surface area contributed by atoms with Crippen LogP contribution in [0.3, 0.4) is 0 Å². The van der Waals surface area contributed by atoms with Crippen molar-refractivity contribution in [2.75, 3.05) is 24.7 Å². The van der Waals surface area contributed by atoms with Crippen molar-refractivity contribution in [2.45, 2.75) is 26.3 Å². The molecule has 1 N–H and O–H groups in total. The number of fused-ring (bicyclic) bond motifs is 1. The summed E-state index contributed by atoms with van der Waals surface area (Å²) in [6.07, 6.45) is 0.854. The van der Waals surface area contributed by atoms with Gasteiger partial charge >= 0.3 is 0 Å². The Hall–Kier alpha value is -4.26. The second-order valence-corrected chi connectivity index (χ2v) is 8.55. The van der Waals surface area contributed by atoms with E-state index in [0.717, 1.165) is 12.0 Å². The van der Waals surface area contributed by atoms with E-state index in [4.69, 9.17) is 14.2 Å². The Labute approximate surface area is 209 Å². The van der Waals surface area contributed by atoms with Crippen LogP contribution in [0.4, 0.5) is 5.69 Å². The average Bonchev–Trinajstić information content (AvgIpc) is 3.18. The van der Waals surface area contributed by atoms with Gasteiger partial charge in [0.25, 0.3) is 11.7 Å². The first-order valence-corrected chi connectivity index (χ1v) is 12.0. The molecule has 3 aromatic carbocycles. The maximum Gasteiger partial charge on any atom is 0.300 e. The van der Waals surface area contributed by atoms with Gasteiger partial charge in [-0.15, -0.1) is 0 Å². The quantitative estimate of drug-likeness (QED) is 0.299. The highest BCUT2D eigenvalue weighted by Gasteiger charge is 2.47. The fraction of sp³-hybridized carbons (Fsp3) is 0.241. The molecule has 36 heavy (non-hydrogen) atoms. The number of carbonyl (C=O) groups is 2. The molecule has 1 fully saturated rings. The zero-order chi connectivity index (χ0) is 25.2. The number of aliphatic hydroxyl groups is 1. The van der Waals surface area contributed by atoms with Gasteiger partial charge in [0, 0.05) is 17.3 Å². The van der Waals surface area contributed by atoms with Crippen molar-refractivity contribution in [1.82, 2.24) is 0 Å². The van der Waals surface area contributed by atoms with Gasteiger partial charge in [-0.25, -0.2) is 0 Å². The van der Waals surface area contributed by atoms with Crippen molar-refractivity contribution in [2.24, 2.45) is 0 Å². The monoisotopic (exact) mass is 485 g/mol. The second kappa shape index (κ2) is 9.77. The van der Waals surface area contributed by atoms with E-state index in [2.05, 4.69) is 6.92 Å². The maximum atomic E-state index is 13.4. The molecule has 1 saturated heterocycles. The van der Waals surface area contributed by atoms with E-state index in [9.17, 15) is 14.7 Å². The summed E-state index contributed by atoms with van der Waals surface area (Å²) in [4.78, 5) is 28.3. The van der Waals surface area contributed by atoms with Crippen LogP contribution in [0.2, 0.25) is 0 Å². The predicted molar refractivity (Wildman–Crippen MR) is 136 cm³/mol. The fourth-order valence-corrected chi connectivity index (χ4v) is 4.59. The maximum absolute atomic E-state index is 13.4. The van der Waals surface area contributed by atoms with Gasteiger partial charge in [-0.3, -0.25) is 14.5 Å². The van der Waals surface area contributed by atoms with Crippen LogP contribution in [0.1, 0.15) is 36.6 Å². The standard InChI is InChI=1S/C29H27NO6/c1-3-18-8-10-19(11-9-18)26-25(27(31)20-6-5-7-22(16-20)34-4-2)28(32)29(33)30(26)21-12-13-23-24(17-21)36-15-14-35-23/h5-13,16-17,26,31H,3-4,14-15H2,1-2H3/b27-25+. The fourth-order valence-electron chi connectivity index (χ4n) is 4.59. The Kier molecular flexibility index (Phi) is 6.38. The van der Waals surface area contributed by atoms with Crippen LogP contribution < -0.4 is 19.1 Å². The molecule has 7 nitrogen and oxygen atoms in total. The van der Waals surface area contributed by atoms with Crippen molar-refractivity contribution >= 4 is 23.1 Å². The molecule has 5 rings (SSSR count). The van der Waals surface area contributed by atoms with E-state index in [0.29, 0.717) is 53.9 Å². The zero-order valence-electron chi connectivity index (χ0n) is 20.2. The highest BCUT2D eigenvalue weighted by Crippen LogP contribution is 2.44. The SMILES string of the molecule is CCOc1cccc(/C(O)=C2\C(=O)C(=O)N(c3ccc4c(c3)OCCO4)C2c2ccc(CC)cc2)c1. The molecule has 0 aliphatic carbocycles. The van der Waals surface area contributed by atoms with Crippen molar-refractivity contribution in [3.8, 4) is 17.2 Å². The number of hydrogen-bond donors (Lipinski definition) is 1. The lowest BCUT2D eigenvalue weighted by Crippen LogP contribution is -2.29. The molecule has 1 atom stereocenters. The number of hydrogen-bond acceptors (Lipinski definition) is 6. The molecular weight excluding hydrogens is 458 g/mol. The molecule has 0 radical (unpaired) electrons. The summed E-state index contributed by atoms with van der Waals surface area (Å²) in [5, 5.41) is 11.4. The third-order valence-electron chi connectivity index (χ3n) is 6.37. The molecule has 0 aromatic heterocycles. The molecule has 2 aliphatic rings. The molecule has 3 aromatic rings. The summed E-state index contributed by atoms with van der Waals surface area (Å²) in [6, 6.07) is 18.9. The molecular formula is C29H27NO6. The summed E-state index contributed by atoms with van der Waals surface area (Å²) in [7, 11) is 0. The summed E-state index contributed by atoms with van der Waals surface area (Å²) in [6.45, 7) is 5.23. The number of aryl methyl sites for hydroxylation is 1. The number of aliphatic hydroxyl groups excluding tert-OH is 1. The number of anilines is 1. The van der Waals surface area contributed by atoms with Gasteiger partial charge in [0.1, 0.15) is 24.7 Å². The zero-order valence-corrected chi connectivity index (χ0v) is 20.2. The number of rotatable bonds is 6. The number of carbonyl (C=O) groups excluding carboxylic acids is 2. The van der Waals surface area contributed by atoms with Gasteiger partial charge in [0.05, 0.1) is 18.2 Å². The van der Waals surface area contributed by atoms with Gasteiger partial charge in [-0.1, -0.05) is 43.3 Å². The van der Waals surface area contributed by atoms with Crippen molar-refractivity contribution in [1.29, 1.82) is 0 Å². The lowest BCUT2D eigenvalue weighted by Gasteiger charge is -2.27. The molecule has 7 heteroatoms. The minimum Gasteiger partial charge on any atom is -0.507 e. The molecule has 0 spiro atoms. The predicted octanol–water partition coefficient (Wildman–Crippen LogP) is 5.05. The number of ketones is 1. The lowest BCUT2D eigenvalue weighted by molar-refractivity contribution is -0.132. The average molecular weight is 486 g/mol. The van der Waals surface area contributed by atoms with Crippen LogP contribution in [-0.4, -0.2) is 36.6 Å². The smallest absolute Gasteiger partial charge is 0.300 e. The van der Waals surface area contributed by atoms with Crippen LogP contribution in [0.5, 0.6) is 17.2 Å². The van der Waals surface area contributed by atoms with E-state index in [1.165, 1.54) is 4.90 Å². The summed E-state index contributed by atoms with van der Waals surface area (Å²) in [5.74, 6) is -0.0816. The highest BCUT2D eigenvalue weighted by molar-refractivity contribution is 6.51. The third-order valence-corrected chi connectivity index (χ3v) is 6.37. The summed E-state index contributed by atoms with van der Waals surface area (Å²) >= 11 is 0. The van der Waals surface area contributed by atoms with Gasteiger partial charge < -0.3 is 19.3 Å². The van der Waals surface area contributed by atoms with Gasteiger partial charge in [0.15, 0.2) is 11.5 Å². The van der Waals surface area contributed by atoms with Crippen LogP contribution in [0, 0.1) is 0 Å². The summed E-state index contributed by atoms with van der Waals surface area (Å²) < 4.78 is 16.9. The van der Waals surface area contributed by atoms with Crippen molar-refractivity contribution in [3.63, 3.8) is 0 Å². The highest BCUT2D eigenvalue weighted by atomic mass is 16.6. The second-order valence-electron chi connectivity index (χ2n) is 8.55. The largest absolute Gasteiger partial charge is 0.507 e. The van der Waals surface area contributed by atoms with Gasteiger partial charge in [-0.05, 0) is 48.7 Å². The van der Waals surface area contributed by atoms with E-state index in [-0.39, 0.29) is 11.3 Å². The van der Waals surface area contributed by atoms with Crippen LogP contribution in [0.25, 0.3) is 5.76 Å². The number of nitrogens with zero attached hydrogens (tertiary/aromatic N) is 1. The first-order chi connectivity index (χ1) is 17.5. The number of amides is 1. The number of ether oxygens (including phenoxy) is 3. The Morgan fingerprint density at radius 3 is 2.44 bits per heavy atom. The van der Waals surface area contributed by atoms with E-state index < -0.39 is 17.7 Å². The summed E-state index contributed by atoms with van der Waals surface area (Å²) in [5.41, 5.74) is 2.74. The molecule has 1 amide bonds. The molecule has 0 saturated carbocycles. The first kappa shape index (κ1) is 23.5. The van der Waals surface area contributed by atoms with Gasteiger partial charge in [-0.2, -0.15) is 0 Å². The van der Waals surface area contributed by atoms with Crippen molar-refractivity contribution in [3.05, 3.63) is 89.0 Å². The van der Waals surface area contributed by atoms with Crippen LogP contribution >= 0.6 is 0 Å². The Bertz CT molecular complexity index is 1340. The Morgan fingerprint density at radius 1 is 0.972 bits per heavy atom. The first-order valence-electron chi connectivity index (χ1n) is 12.0. The normalized spacial score (nSPS) is 18.4. The number of Topliss-reactive ketones (excluding diaryl/α,β-unsaturated/α-hetero) is 1. The Balaban J connectivity index is 1.67. The van der Waals surface area contributed by atoms with E-state index in [1.807, 2.05) is 31.2 Å². The van der Waals surface area contributed by atoms with Crippen LogP contribution in [0.15, 0.2) is 72.3 Å². The van der Waals surface area contributed by atoms with Crippen LogP contribution in [-0.2, 0) is 16.0 Å². The third kappa shape index (κ3) is 4.17. The topological polar surface area (TPSA) is 85.3 Å². The Morgan fingerprint density at radius 2 is 1.72 bits per heavy atom. The molecule has 2 heterocycles. The van der Waals surface area contributed by atoms with Gasteiger partial charge in [0.2, 0.25) is 0 Å². The van der Waals surface area contributed by atoms with E-state index >= 15 is 0 Å². The van der Waals surface area contributed by atoms with E-state index in [1.54, 1.807) is 42.5 Å². The molecule has 1 unspecified atom stereocenters. The minimum atomic E-state index is -0.825. The lowest BCUT2D eigenvalue weighted by atomic mass is 9.94. The molecule has 184 valence electrons. The minimum absolute atomic E-state index is 0.0211. The number of benzene rings is 3.